The van der Waals surface area contributed by atoms with Crippen molar-refractivity contribution in [2.24, 2.45) is 5.73 Å². The molecule has 88 valence electrons. The molecule has 1 aromatic carbocycles. The Labute approximate surface area is 98.8 Å². The molecule has 1 heterocycles. The van der Waals surface area contributed by atoms with Crippen molar-refractivity contribution < 1.29 is 0 Å². The third-order valence-corrected chi connectivity index (χ3v) is 2.69. The van der Waals surface area contributed by atoms with Crippen LogP contribution in [-0.2, 0) is 6.54 Å². The third-order valence-electron chi connectivity index (χ3n) is 2.69. The molecule has 0 amide bonds. The second kappa shape index (κ2) is 5.17. The predicted molar refractivity (Wildman–Crippen MR) is 70.9 cm³/mol. The zero-order valence-electron chi connectivity index (χ0n) is 10.7. The summed E-state index contributed by atoms with van der Waals surface area (Å²) in [6.45, 7) is 7.75. The Bertz CT molecular complexity index is 361. The topological polar surface area (TPSA) is 29.3 Å². The van der Waals surface area contributed by atoms with Gasteiger partial charge in [-0.2, -0.15) is 0 Å². The van der Waals surface area contributed by atoms with Gasteiger partial charge in [0.15, 0.2) is 0 Å². The highest BCUT2D eigenvalue weighted by Gasteiger charge is 2.20. The van der Waals surface area contributed by atoms with Crippen LogP contribution < -0.4 is 5.73 Å². The summed E-state index contributed by atoms with van der Waals surface area (Å²) < 4.78 is 0. The van der Waals surface area contributed by atoms with E-state index in [9.17, 15) is 0 Å². The monoisotopic (exact) mass is 218 g/mol. The van der Waals surface area contributed by atoms with Gasteiger partial charge in [0, 0.05) is 18.3 Å². The fourth-order valence-electron chi connectivity index (χ4n) is 1.71. The number of rotatable bonds is 0. The first-order valence-electron chi connectivity index (χ1n) is 5.68. The summed E-state index contributed by atoms with van der Waals surface area (Å²) >= 11 is 0. The Morgan fingerprint density at radius 2 is 1.75 bits per heavy atom. The fraction of sp³-hybridized carbons (Fsp3) is 0.429. The van der Waals surface area contributed by atoms with Crippen molar-refractivity contribution in [2.75, 3.05) is 7.05 Å². The second-order valence-corrected chi connectivity index (χ2v) is 4.81. The number of hydrogen-bond donors (Lipinski definition) is 1. The van der Waals surface area contributed by atoms with E-state index in [1.165, 1.54) is 18.2 Å². The first-order chi connectivity index (χ1) is 7.57. The highest BCUT2D eigenvalue weighted by atomic mass is 15.2. The van der Waals surface area contributed by atoms with Crippen LogP contribution in [0.15, 0.2) is 30.5 Å². The van der Waals surface area contributed by atoms with Crippen molar-refractivity contribution in [3.8, 4) is 0 Å². The van der Waals surface area contributed by atoms with E-state index < -0.39 is 0 Å². The van der Waals surface area contributed by atoms with Crippen LogP contribution in [0, 0.1) is 0 Å². The lowest BCUT2D eigenvalue weighted by Gasteiger charge is -2.37. The van der Waals surface area contributed by atoms with E-state index in [0.29, 0.717) is 0 Å². The summed E-state index contributed by atoms with van der Waals surface area (Å²) in [7, 11) is 1.50. The SMILES string of the molecule is CC(C)(C)N1C=Cc2ccccc2C1.CN. The zero-order chi connectivity index (χ0) is 12.2. The van der Waals surface area contributed by atoms with Gasteiger partial charge in [-0.25, -0.2) is 0 Å². The molecule has 2 heteroatoms. The number of nitrogens with two attached hydrogens (primary N) is 1. The maximum Gasteiger partial charge on any atom is 0.0435 e. The van der Waals surface area contributed by atoms with E-state index in [4.69, 9.17) is 0 Å². The van der Waals surface area contributed by atoms with Crippen LogP contribution in [0.25, 0.3) is 6.08 Å². The minimum absolute atomic E-state index is 0.212. The molecule has 2 nitrogen and oxygen atoms in total. The van der Waals surface area contributed by atoms with Gasteiger partial charge in [0.2, 0.25) is 0 Å². The minimum atomic E-state index is 0.212. The number of fused-ring (bicyclic) bond motifs is 1. The van der Waals surface area contributed by atoms with Gasteiger partial charge in [0.1, 0.15) is 0 Å². The predicted octanol–water partition coefficient (Wildman–Crippen LogP) is 2.85. The van der Waals surface area contributed by atoms with E-state index >= 15 is 0 Å². The van der Waals surface area contributed by atoms with E-state index in [-0.39, 0.29) is 5.54 Å². The molecule has 1 aliphatic heterocycles. The van der Waals surface area contributed by atoms with Gasteiger partial charge in [0.05, 0.1) is 0 Å². The molecule has 1 aromatic rings. The first-order valence-corrected chi connectivity index (χ1v) is 5.68. The molecule has 0 radical (unpaired) electrons. The first kappa shape index (κ1) is 12.8. The van der Waals surface area contributed by atoms with Crippen molar-refractivity contribution in [1.29, 1.82) is 0 Å². The normalized spacial score (nSPS) is 13.9. The van der Waals surface area contributed by atoms with Gasteiger partial charge in [-0.05, 0) is 45.0 Å². The lowest BCUT2D eigenvalue weighted by Crippen LogP contribution is -2.37. The quantitative estimate of drug-likeness (QED) is 0.725. The van der Waals surface area contributed by atoms with Crippen LogP contribution in [0.3, 0.4) is 0 Å². The fourth-order valence-corrected chi connectivity index (χ4v) is 1.71. The molecule has 0 unspecified atom stereocenters. The summed E-state index contributed by atoms with van der Waals surface area (Å²) in [4.78, 5) is 2.37. The molecule has 0 bridgehead atoms. The maximum absolute atomic E-state index is 4.50. The Morgan fingerprint density at radius 1 is 1.12 bits per heavy atom. The van der Waals surface area contributed by atoms with Crippen molar-refractivity contribution in [2.45, 2.75) is 32.9 Å². The molecule has 2 N–H and O–H groups in total. The molecule has 0 aromatic heterocycles. The van der Waals surface area contributed by atoms with Gasteiger partial charge in [-0.3, -0.25) is 0 Å². The molecule has 0 atom stereocenters. The van der Waals surface area contributed by atoms with Gasteiger partial charge >= 0.3 is 0 Å². The van der Waals surface area contributed by atoms with Gasteiger partial charge < -0.3 is 10.6 Å². The zero-order valence-corrected chi connectivity index (χ0v) is 10.7. The number of hydrogen-bond acceptors (Lipinski definition) is 2. The summed E-state index contributed by atoms with van der Waals surface area (Å²) in [6.07, 6.45) is 4.40. The lowest BCUT2D eigenvalue weighted by molar-refractivity contribution is 0.196. The average molecular weight is 218 g/mol. The Hall–Kier alpha value is -1.28. The van der Waals surface area contributed by atoms with Gasteiger partial charge in [0.25, 0.3) is 0 Å². The van der Waals surface area contributed by atoms with Crippen LogP contribution in [-0.4, -0.2) is 17.5 Å². The molecule has 0 aliphatic carbocycles. The molecule has 16 heavy (non-hydrogen) atoms. The van der Waals surface area contributed by atoms with Crippen LogP contribution in [0.1, 0.15) is 31.9 Å². The van der Waals surface area contributed by atoms with Gasteiger partial charge in [-0.1, -0.05) is 24.3 Å². The molecule has 0 fully saturated rings. The maximum atomic E-state index is 4.50. The van der Waals surface area contributed by atoms with Gasteiger partial charge in [-0.15, -0.1) is 0 Å². The van der Waals surface area contributed by atoms with Crippen molar-refractivity contribution in [1.82, 2.24) is 4.90 Å². The van der Waals surface area contributed by atoms with Crippen LogP contribution in [0.5, 0.6) is 0 Å². The highest BCUT2D eigenvalue weighted by Crippen LogP contribution is 2.25. The molecule has 0 saturated heterocycles. The van der Waals surface area contributed by atoms with E-state index in [0.717, 1.165) is 6.54 Å². The number of nitrogens with zero attached hydrogens (tertiary/aromatic N) is 1. The largest absolute Gasteiger partial charge is 0.368 e. The van der Waals surface area contributed by atoms with Crippen molar-refractivity contribution in [3.05, 3.63) is 41.6 Å². The molecule has 1 aliphatic rings. The second-order valence-electron chi connectivity index (χ2n) is 4.81. The van der Waals surface area contributed by atoms with E-state index in [1.807, 2.05) is 0 Å². The van der Waals surface area contributed by atoms with Crippen molar-refractivity contribution in [3.63, 3.8) is 0 Å². The molecule has 0 spiro atoms. The minimum Gasteiger partial charge on any atom is -0.368 e. The summed E-state index contributed by atoms with van der Waals surface area (Å²) in [5.41, 5.74) is 7.49. The summed E-state index contributed by atoms with van der Waals surface area (Å²) in [5, 5.41) is 0. The summed E-state index contributed by atoms with van der Waals surface area (Å²) in [5.74, 6) is 0. The van der Waals surface area contributed by atoms with E-state index in [2.05, 4.69) is 67.9 Å². The lowest BCUT2D eigenvalue weighted by atomic mass is 9.99. The molecular weight excluding hydrogens is 196 g/mol. The molecule has 0 saturated carbocycles. The number of benzene rings is 1. The van der Waals surface area contributed by atoms with E-state index in [1.54, 1.807) is 0 Å². The highest BCUT2D eigenvalue weighted by molar-refractivity contribution is 5.55. The standard InChI is InChI=1S/C13H17N.CH5N/c1-13(2,3)14-9-8-11-6-4-5-7-12(11)10-14;1-2/h4-9H,10H2,1-3H3;2H2,1H3. The Balaban J connectivity index is 0.000000606. The van der Waals surface area contributed by atoms with Crippen LogP contribution in [0.4, 0.5) is 0 Å². The third kappa shape index (κ3) is 2.86. The van der Waals surface area contributed by atoms with Crippen LogP contribution >= 0.6 is 0 Å². The molecular formula is C14H22N2. The molecule has 2 rings (SSSR count). The summed E-state index contributed by atoms with van der Waals surface area (Å²) in [6, 6.07) is 8.58. The smallest absolute Gasteiger partial charge is 0.0435 e. The van der Waals surface area contributed by atoms with Crippen molar-refractivity contribution >= 4 is 6.08 Å². The Kier molecular flexibility index (Phi) is 4.13. The average Bonchev–Trinajstić information content (AvgIpc) is 2.30. The van der Waals surface area contributed by atoms with Crippen LogP contribution in [0.2, 0.25) is 0 Å². The Morgan fingerprint density at radius 3 is 2.38 bits per heavy atom.